The molecule has 0 fully saturated rings. The third-order valence-corrected chi connectivity index (χ3v) is 4.13. The second kappa shape index (κ2) is 8.76. The normalized spacial score (nSPS) is 11.3. The summed E-state index contributed by atoms with van der Waals surface area (Å²) in [6.45, 7) is 2.80. The van der Waals surface area contributed by atoms with Gasteiger partial charge in [-0.15, -0.1) is 10.2 Å². The lowest BCUT2D eigenvalue weighted by Crippen LogP contribution is -2.41. The molecule has 0 unspecified atom stereocenters. The quantitative estimate of drug-likeness (QED) is 0.655. The molecule has 0 aliphatic heterocycles. The van der Waals surface area contributed by atoms with Gasteiger partial charge in [-0.05, 0) is 43.2 Å². The minimum Gasteiger partial charge on any atom is -0.413 e. The zero-order chi connectivity index (χ0) is 20.9. The predicted molar refractivity (Wildman–Crippen MR) is 101 cm³/mol. The molecule has 1 heterocycles. The number of carbonyl (C=O) groups is 1. The highest BCUT2D eigenvalue weighted by Gasteiger charge is 2.38. The number of hydrogen-bond acceptors (Lipinski definition) is 4. The number of nitrogens with one attached hydrogen (secondary N) is 1. The zero-order valence-electron chi connectivity index (χ0n) is 15.6. The summed E-state index contributed by atoms with van der Waals surface area (Å²) in [5.41, 5.74) is 2.08. The number of nitrogens with zero attached hydrogens (tertiary/aromatic N) is 3. The Bertz CT molecular complexity index is 940. The van der Waals surface area contributed by atoms with Crippen LogP contribution < -0.4 is 10.2 Å². The summed E-state index contributed by atoms with van der Waals surface area (Å²) < 4.78 is 42.4. The van der Waals surface area contributed by atoms with Crippen molar-refractivity contribution in [1.29, 1.82) is 0 Å². The van der Waals surface area contributed by atoms with Gasteiger partial charge >= 0.3 is 18.1 Å². The summed E-state index contributed by atoms with van der Waals surface area (Å²) in [5.74, 6) is -1.57. The maximum absolute atomic E-state index is 12.6. The third kappa shape index (κ3) is 5.13. The van der Waals surface area contributed by atoms with Crippen LogP contribution in [0.25, 0.3) is 11.5 Å². The fraction of sp³-hybridized carbons (Fsp3) is 0.250. The van der Waals surface area contributed by atoms with Crippen LogP contribution in [0.3, 0.4) is 0 Å². The number of urea groups is 1. The summed E-state index contributed by atoms with van der Waals surface area (Å²) in [6.07, 6.45) is -4.12. The lowest BCUT2D eigenvalue weighted by molar-refractivity contribution is -0.156. The van der Waals surface area contributed by atoms with E-state index in [9.17, 15) is 18.0 Å². The Balaban J connectivity index is 1.70. The molecule has 6 nitrogen and oxygen atoms in total. The van der Waals surface area contributed by atoms with E-state index in [1.165, 1.54) is 0 Å². The number of carbonyl (C=O) groups excluding carboxylic acids is 1. The van der Waals surface area contributed by atoms with Gasteiger partial charge in [0.05, 0.1) is 0 Å². The number of aromatic nitrogens is 2. The van der Waals surface area contributed by atoms with Crippen molar-refractivity contribution in [1.82, 2.24) is 15.5 Å². The molecule has 2 amide bonds. The van der Waals surface area contributed by atoms with Crippen LogP contribution in [-0.2, 0) is 12.6 Å². The SMILES string of the molecule is CCNC(=O)N(CCc1ccc(-c2nnc(C(F)(F)F)o2)cc1)c1ccccc1. The van der Waals surface area contributed by atoms with Crippen LogP contribution in [0.2, 0.25) is 0 Å². The first-order valence-corrected chi connectivity index (χ1v) is 8.99. The molecule has 0 spiro atoms. The molecule has 0 atom stereocenters. The number of hydrogen-bond donors (Lipinski definition) is 1. The molecule has 2 aromatic carbocycles. The fourth-order valence-electron chi connectivity index (χ4n) is 2.71. The lowest BCUT2D eigenvalue weighted by Gasteiger charge is -2.23. The van der Waals surface area contributed by atoms with E-state index >= 15 is 0 Å². The average Bonchev–Trinajstić information content (AvgIpc) is 3.20. The number of anilines is 1. The zero-order valence-corrected chi connectivity index (χ0v) is 15.6. The van der Waals surface area contributed by atoms with Crippen LogP contribution in [0.4, 0.5) is 23.7 Å². The Labute approximate surface area is 165 Å². The van der Waals surface area contributed by atoms with E-state index in [0.717, 1.165) is 11.3 Å². The van der Waals surface area contributed by atoms with Gasteiger partial charge in [0.15, 0.2) is 0 Å². The minimum atomic E-state index is -4.68. The smallest absolute Gasteiger partial charge is 0.413 e. The number of alkyl halides is 3. The van der Waals surface area contributed by atoms with Gasteiger partial charge in [-0.25, -0.2) is 4.79 Å². The van der Waals surface area contributed by atoms with Crippen molar-refractivity contribution in [3.8, 4) is 11.5 Å². The molecule has 1 N–H and O–H groups in total. The molecule has 0 aliphatic carbocycles. The highest BCUT2D eigenvalue weighted by Crippen LogP contribution is 2.30. The summed E-state index contributed by atoms with van der Waals surface area (Å²) >= 11 is 0. The van der Waals surface area contributed by atoms with E-state index in [1.807, 2.05) is 37.3 Å². The van der Waals surface area contributed by atoms with Gasteiger partial charge in [-0.3, -0.25) is 4.90 Å². The van der Waals surface area contributed by atoms with Gasteiger partial charge in [-0.2, -0.15) is 13.2 Å². The first-order valence-electron chi connectivity index (χ1n) is 8.99. The van der Waals surface area contributed by atoms with Crippen molar-refractivity contribution in [2.24, 2.45) is 0 Å². The van der Waals surface area contributed by atoms with Crippen molar-refractivity contribution in [3.05, 3.63) is 66.1 Å². The van der Waals surface area contributed by atoms with Crippen LogP contribution in [0.15, 0.2) is 59.0 Å². The molecule has 0 aliphatic rings. The maximum Gasteiger partial charge on any atom is 0.470 e. The van der Waals surface area contributed by atoms with Crippen LogP contribution in [0.5, 0.6) is 0 Å². The van der Waals surface area contributed by atoms with Gasteiger partial charge in [0.1, 0.15) is 0 Å². The van der Waals surface area contributed by atoms with E-state index in [-0.39, 0.29) is 11.9 Å². The Morgan fingerprint density at radius 3 is 2.34 bits per heavy atom. The first kappa shape index (κ1) is 20.4. The average molecular weight is 404 g/mol. The fourth-order valence-corrected chi connectivity index (χ4v) is 2.71. The molecule has 3 rings (SSSR count). The van der Waals surface area contributed by atoms with Crippen molar-refractivity contribution in [2.45, 2.75) is 19.5 Å². The lowest BCUT2D eigenvalue weighted by atomic mass is 10.1. The molecule has 9 heteroatoms. The van der Waals surface area contributed by atoms with Crippen LogP contribution in [0.1, 0.15) is 18.4 Å². The van der Waals surface area contributed by atoms with E-state index in [1.54, 1.807) is 29.2 Å². The molecular formula is C20H19F3N4O2. The van der Waals surface area contributed by atoms with Gasteiger partial charge in [0.25, 0.3) is 0 Å². The topological polar surface area (TPSA) is 71.3 Å². The molecule has 3 aromatic rings. The maximum atomic E-state index is 12.6. The molecule has 152 valence electrons. The van der Waals surface area contributed by atoms with E-state index < -0.39 is 12.1 Å². The summed E-state index contributed by atoms with van der Waals surface area (Å²) in [6, 6.07) is 15.8. The van der Waals surface area contributed by atoms with E-state index in [0.29, 0.717) is 25.1 Å². The van der Waals surface area contributed by atoms with Crippen molar-refractivity contribution >= 4 is 11.7 Å². The molecule has 0 saturated carbocycles. The van der Waals surface area contributed by atoms with Crippen LogP contribution in [0, 0.1) is 0 Å². The van der Waals surface area contributed by atoms with Gasteiger partial charge < -0.3 is 9.73 Å². The van der Waals surface area contributed by atoms with Crippen LogP contribution in [-0.4, -0.2) is 29.3 Å². The molecule has 0 bridgehead atoms. The molecule has 29 heavy (non-hydrogen) atoms. The van der Waals surface area contributed by atoms with Crippen LogP contribution >= 0.6 is 0 Å². The summed E-state index contributed by atoms with van der Waals surface area (Å²) in [5, 5.41) is 9.26. The minimum absolute atomic E-state index is 0.194. The summed E-state index contributed by atoms with van der Waals surface area (Å²) in [7, 11) is 0. The predicted octanol–water partition coefficient (Wildman–Crippen LogP) is 4.53. The highest BCUT2D eigenvalue weighted by molar-refractivity contribution is 5.91. The second-order valence-electron chi connectivity index (χ2n) is 6.18. The standard InChI is InChI=1S/C20H19F3N4O2/c1-2-24-19(28)27(16-6-4-3-5-7-16)13-12-14-8-10-15(11-9-14)17-25-26-18(29-17)20(21,22)23/h3-11H,2,12-13H2,1H3,(H,24,28). The number of halogens is 3. The number of benzene rings is 2. The van der Waals surface area contributed by atoms with Crippen molar-refractivity contribution in [3.63, 3.8) is 0 Å². The first-order chi connectivity index (χ1) is 13.9. The van der Waals surface area contributed by atoms with E-state index in [2.05, 4.69) is 19.9 Å². The Hall–Kier alpha value is -3.36. The molecule has 0 radical (unpaired) electrons. The number of para-hydroxylation sites is 1. The van der Waals surface area contributed by atoms with E-state index in [4.69, 9.17) is 0 Å². The van der Waals surface area contributed by atoms with Gasteiger partial charge in [-0.1, -0.05) is 30.3 Å². The third-order valence-electron chi connectivity index (χ3n) is 4.13. The molecular weight excluding hydrogens is 385 g/mol. The van der Waals surface area contributed by atoms with Gasteiger partial charge in [0, 0.05) is 24.3 Å². The Kier molecular flexibility index (Phi) is 6.16. The number of amides is 2. The highest BCUT2D eigenvalue weighted by atomic mass is 19.4. The van der Waals surface area contributed by atoms with Gasteiger partial charge in [0.2, 0.25) is 5.89 Å². The Morgan fingerprint density at radius 1 is 1.07 bits per heavy atom. The van der Waals surface area contributed by atoms with Crippen molar-refractivity contribution in [2.75, 3.05) is 18.0 Å². The molecule has 1 aromatic heterocycles. The Morgan fingerprint density at radius 2 is 1.76 bits per heavy atom. The summed E-state index contributed by atoms with van der Waals surface area (Å²) in [4.78, 5) is 14.0. The molecule has 0 saturated heterocycles. The monoisotopic (exact) mass is 404 g/mol. The second-order valence-corrected chi connectivity index (χ2v) is 6.18. The largest absolute Gasteiger partial charge is 0.470 e. The van der Waals surface area contributed by atoms with Crippen molar-refractivity contribution < 1.29 is 22.4 Å². The number of rotatable bonds is 6.